The summed E-state index contributed by atoms with van der Waals surface area (Å²) in [5.41, 5.74) is 1.59. The number of para-hydroxylation sites is 1. The lowest BCUT2D eigenvalue weighted by Gasteiger charge is -2.38. The monoisotopic (exact) mass is 312 g/mol. The highest BCUT2D eigenvalue weighted by Crippen LogP contribution is 2.17. The van der Waals surface area contributed by atoms with Gasteiger partial charge in [-0.1, -0.05) is 18.2 Å². The van der Waals surface area contributed by atoms with Gasteiger partial charge in [0.1, 0.15) is 5.69 Å². The molecular weight excluding hydrogens is 292 g/mol. The number of nitrogens with one attached hydrogen (secondary N) is 2. The molecule has 1 aromatic heterocycles. The summed E-state index contributed by atoms with van der Waals surface area (Å²) in [6, 6.07) is 9.77. The largest absolute Gasteiger partial charge is 0.351 e. The van der Waals surface area contributed by atoms with Crippen molar-refractivity contribution in [2.45, 2.75) is 0 Å². The quantitative estimate of drug-likeness (QED) is 0.856. The van der Waals surface area contributed by atoms with E-state index in [1.165, 1.54) is 0 Å². The van der Waals surface area contributed by atoms with Crippen molar-refractivity contribution >= 4 is 22.7 Å². The number of amides is 2. The van der Waals surface area contributed by atoms with Crippen molar-refractivity contribution in [3.05, 3.63) is 36.0 Å². The van der Waals surface area contributed by atoms with Gasteiger partial charge in [-0.15, -0.1) is 0 Å². The minimum Gasteiger partial charge on any atom is -0.351 e. The second kappa shape index (κ2) is 5.70. The first-order valence-electron chi connectivity index (χ1n) is 8.09. The molecule has 0 spiro atoms. The van der Waals surface area contributed by atoms with Crippen LogP contribution in [0.5, 0.6) is 0 Å². The SMILES string of the molecule is O=C(c1cc2ccccc2[nH]1)N1CCN(C(=O)C2CNC2)CC1. The summed E-state index contributed by atoms with van der Waals surface area (Å²) in [4.78, 5) is 31.7. The van der Waals surface area contributed by atoms with Gasteiger partial charge in [-0.25, -0.2) is 0 Å². The molecule has 23 heavy (non-hydrogen) atoms. The first kappa shape index (κ1) is 14.3. The number of rotatable bonds is 2. The molecule has 0 aliphatic carbocycles. The van der Waals surface area contributed by atoms with E-state index in [0.29, 0.717) is 31.9 Å². The van der Waals surface area contributed by atoms with Crippen LogP contribution in [-0.4, -0.2) is 65.9 Å². The lowest BCUT2D eigenvalue weighted by molar-refractivity contribution is -0.138. The van der Waals surface area contributed by atoms with Gasteiger partial charge >= 0.3 is 0 Å². The third-order valence-electron chi connectivity index (χ3n) is 4.77. The van der Waals surface area contributed by atoms with Crippen LogP contribution >= 0.6 is 0 Å². The van der Waals surface area contributed by atoms with E-state index in [4.69, 9.17) is 0 Å². The molecule has 0 unspecified atom stereocenters. The summed E-state index contributed by atoms with van der Waals surface area (Å²) >= 11 is 0. The van der Waals surface area contributed by atoms with Crippen LogP contribution < -0.4 is 5.32 Å². The molecule has 2 saturated heterocycles. The van der Waals surface area contributed by atoms with E-state index in [2.05, 4.69) is 10.3 Å². The van der Waals surface area contributed by atoms with Crippen molar-refractivity contribution in [1.29, 1.82) is 0 Å². The average molecular weight is 312 g/mol. The fourth-order valence-electron chi connectivity index (χ4n) is 3.21. The molecule has 6 nitrogen and oxygen atoms in total. The molecule has 6 heteroatoms. The molecule has 3 heterocycles. The number of aromatic nitrogens is 1. The highest BCUT2D eigenvalue weighted by molar-refractivity contribution is 5.98. The zero-order valence-electron chi connectivity index (χ0n) is 12.9. The lowest BCUT2D eigenvalue weighted by atomic mass is 10.0. The molecule has 2 N–H and O–H groups in total. The number of benzene rings is 1. The number of carbonyl (C=O) groups excluding carboxylic acids is 2. The van der Waals surface area contributed by atoms with Gasteiger partial charge in [0.25, 0.3) is 5.91 Å². The van der Waals surface area contributed by atoms with Gasteiger partial charge in [-0.05, 0) is 12.1 Å². The van der Waals surface area contributed by atoms with Crippen molar-refractivity contribution in [3.8, 4) is 0 Å². The summed E-state index contributed by atoms with van der Waals surface area (Å²) in [6.45, 7) is 4.02. The van der Waals surface area contributed by atoms with Crippen LogP contribution in [0.2, 0.25) is 0 Å². The third-order valence-corrected chi connectivity index (χ3v) is 4.77. The van der Waals surface area contributed by atoms with Crippen LogP contribution in [0.15, 0.2) is 30.3 Å². The van der Waals surface area contributed by atoms with Crippen molar-refractivity contribution in [3.63, 3.8) is 0 Å². The summed E-state index contributed by atoms with van der Waals surface area (Å²) < 4.78 is 0. The van der Waals surface area contributed by atoms with E-state index in [1.54, 1.807) is 0 Å². The number of carbonyl (C=O) groups is 2. The summed E-state index contributed by atoms with van der Waals surface area (Å²) in [6.07, 6.45) is 0. The minimum atomic E-state index is 0.0126. The Morgan fingerprint density at radius 1 is 1.00 bits per heavy atom. The van der Waals surface area contributed by atoms with Gasteiger partial charge in [0, 0.05) is 50.2 Å². The standard InChI is InChI=1S/C17H20N4O2/c22-16(13-10-18-11-13)20-5-7-21(8-6-20)17(23)15-9-12-3-1-2-4-14(12)19-15/h1-4,9,13,18-19H,5-8,10-11H2. The van der Waals surface area contributed by atoms with Crippen molar-refractivity contribution in [2.24, 2.45) is 5.92 Å². The zero-order chi connectivity index (χ0) is 15.8. The van der Waals surface area contributed by atoms with E-state index in [0.717, 1.165) is 24.0 Å². The first-order chi connectivity index (χ1) is 11.2. The fourth-order valence-corrected chi connectivity index (χ4v) is 3.21. The Balaban J connectivity index is 1.41. The lowest BCUT2D eigenvalue weighted by Crippen LogP contribution is -2.57. The number of hydrogen-bond donors (Lipinski definition) is 2. The third kappa shape index (κ3) is 2.59. The number of nitrogens with zero attached hydrogens (tertiary/aromatic N) is 2. The number of aromatic amines is 1. The fraction of sp³-hybridized carbons (Fsp3) is 0.412. The van der Waals surface area contributed by atoms with Crippen LogP contribution in [0.3, 0.4) is 0 Å². The summed E-state index contributed by atoms with van der Waals surface area (Å²) in [5.74, 6) is 0.367. The van der Waals surface area contributed by atoms with E-state index in [9.17, 15) is 9.59 Å². The average Bonchev–Trinajstić information content (AvgIpc) is 2.96. The minimum absolute atomic E-state index is 0.0126. The van der Waals surface area contributed by atoms with Gasteiger partial charge in [0.05, 0.1) is 5.92 Å². The predicted octanol–water partition coefficient (Wildman–Crippen LogP) is 0.672. The maximum atomic E-state index is 12.6. The van der Waals surface area contributed by atoms with Gasteiger partial charge in [0.15, 0.2) is 0 Å². The Bertz CT molecular complexity index is 709. The van der Waals surface area contributed by atoms with Crippen molar-refractivity contribution < 1.29 is 9.59 Å². The molecule has 1 aromatic carbocycles. The molecule has 0 radical (unpaired) electrons. The number of fused-ring (bicyclic) bond motifs is 1. The van der Waals surface area contributed by atoms with Crippen LogP contribution in [0.1, 0.15) is 10.5 Å². The van der Waals surface area contributed by atoms with Gasteiger partial charge in [0.2, 0.25) is 5.91 Å². The second-order valence-electron chi connectivity index (χ2n) is 6.24. The Kier molecular flexibility index (Phi) is 3.53. The Labute approximate surface area is 134 Å². The molecule has 2 aromatic rings. The molecule has 0 saturated carbocycles. The molecule has 2 fully saturated rings. The number of piperazine rings is 1. The molecule has 2 aliphatic rings. The van der Waals surface area contributed by atoms with Crippen molar-refractivity contribution in [1.82, 2.24) is 20.1 Å². The predicted molar refractivity (Wildman–Crippen MR) is 87.1 cm³/mol. The van der Waals surface area contributed by atoms with E-state index >= 15 is 0 Å². The van der Waals surface area contributed by atoms with Crippen molar-refractivity contribution in [2.75, 3.05) is 39.3 Å². The highest BCUT2D eigenvalue weighted by atomic mass is 16.2. The normalized spacial score (nSPS) is 19.0. The Morgan fingerprint density at radius 2 is 1.70 bits per heavy atom. The number of hydrogen-bond acceptors (Lipinski definition) is 3. The molecule has 0 atom stereocenters. The first-order valence-corrected chi connectivity index (χ1v) is 8.09. The van der Waals surface area contributed by atoms with Crippen LogP contribution in [-0.2, 0) is 4.79 Å². The van der Waals surface area contributed by atoms with E-state index in [1.807, 2.05) is 40.1 Å². The molecule has 2 aliphatic heterocycles. The smallest absolute Gasteiger partial charge is 0.270 e. The van der Waals surface area contributed by atoms with Crippen LogP contribution in [0.4, 0.5) is 0 Å². The van der Waals surface area contributed by atoms with E-state index in [-0.39, 0.29) is 17.7 Å². The second-order valence-corrected chi connectivity index (χ2v) is 6.24. The molecule has 120 valence electrons. The van der Waals surface area contributed by atoms with Gasteiger partial charge in [-0.2, -0.15) is 0 Å². The summed E-state index contributed by atoms with van der Waals surface area (Å²) in [7, 11) is 0. The maximum Gasteiger partial charge on any atom is 0.270 e. The van der Waals surface area contributed by atoms with Gasteiger partial charge in [-0.3, -0.25) is 9.59 Å². The van der Waals surface area contributed by atoms with Crippen LogP contribution in [0, 0.1) is 5.92 Å². The van der Waals surface area contributed by atoms with E-state index < -0.39 is 0 Å². The summed E-state index contributed by atoms with van der Waals surface area (Å²) in [5, 5.41) is 4.17. The Hall–Kier alpha value is -2.34. The number of H-pyrrole nitrogens is 1. The molecular formula is C17H20N4O2. The molecule has 0 bridgehead atoms. The van der Waals surface area contributed by atoms with Crippen LogP contribution in [0.25, 0.3) is 10.9 Å². The topological polar surface area (TPSA) is 68.4 Å². The zero-order valence-corrected chi connectivity index (χ0v) is 12.9. The Morgan fingerprint density at radius 3 is 2.35 bits per heavy atom. The highest BCUT2D eigenvalue weighted by Gasteiger charge is 2.32. The molecule has 4 rings (SSSR count). The van der Waals surface area contributed by atoms with Gasteiger partial charge < -0.3 is 20.1 Å². The molecule has 2 amide bonds. The maximum absolute atomic E-state index is 12.6.